The van der Waals surface area contributed by atoms with E-state index in [9.17, 15) is 14.4 Å². The van der Waals surface area contributed by atoms with Gasteiger partial charge in [0.25, 0.3) is 0 Å². The van der Waals surface area contributed by atoms with E-state index in [1.807, 2.05) is 6.92 Å². The number of benzene rings is 2. The number of carbonyl (C=O) groups is 2. The van der Waals surface area contributed by atoms with Gasteiger partial charge in [0.15, 0.2) is 0 Å². The van der Waals surface area contributed by atoms with E-state index in [0.29, 0.717) is 23.5 Å². The normalized spacial score (nSPS) is 11.7. The monoisotopic (exact) mass is 430 g/mol. The molecule has 1 unspecified atom stereocenters. The third-order valence-corrected chi connectivity index (χ3v) is 5.64. The van der Waals surface area contributed by atoms with Crippen LogP contribution in [0.1, 0.15) is 23.7 Å². The molecule has 0 aliphatic carbocycles. The molecule has 3 rings (SSSR count). The molecule has 1 heterocycles. The van der Waals surface area contributed by atoms with Crippen LogP contribution in [0.3, 0.4) is 0 Å². The van der Waals surface area contributed by atoms with Crippen LogP contribution in [0.25, 0.3) is 5.69 Å². The predicted octanol–water partition coefficient (Wildman–Crippen LogP) is 2.46. The summed E-state index contributed by atoms with van der Waals surface area (Å²) in [7, 11) is 1.56. The van der Waals surface area contributed by atoms with Crippen molar-refractivity contribution >= 4 is 29.3 Å². The Morgan fingerprint density at radius 1 is 1.27 bits per heavy atom. The largest absolute Gasteiger partial charge is 0.497 e. The molecule has 0 radical (unpaired) electrons. The van der Waals surface area contributed by atoms with Crippen molar-refractivity contribution in [3.63, 3.8) is 0 Å². The summed E-state index contributed by atoms with van der Waals surface area (Å²) in [5, 5.41) is 13.9. The molecule has 0 fully saturated rings. The van der Waals surface area contributed by atoms with E-state index in [1.54, 1.807) is 43.5 Å². The van der Waals surface area contributed by atoms with E-state index < -0.39 is 16.8 Å². The number of aromatic carboxylic acids is 1. The summed E-state index contributed by atoms with van der Waals surface area (Å²) >= 11 is 1.06. The number of hydrogen-bond donors (Lipinski definition) is 3. The first-order valence-electron chi connectivity index (χ1n) is 9.01. The molecule has 1 amide bonds. The summed E-state index contributed by atoms with van der Waals surface area (Å²) in [6.45, 7) is 1.82. The van der Waals surface area contributed by atoms with Crippen molar-refractivity contribution < 1.29 is 28.6 Å². The molecule has 10 heteroatoms. The first-order valence-corrected chi connectivity index (χ1v) is 9.89. The average molecular weight is 430 g/mol. The number of amides is 1. The average Bonchev–Trinajstić information content (AvgIpc) is 3.12. The van der Waals surface area contributed by atoms with Gasteiger partial charge in [-0.2, -0.15) is 0 Å². The number of anilines is 1. The highest BCUT2D eigenvalue weighted by Gasteiger charge is 2.30. The van der Waals surface area contributed by atoms with Crippen LogP contribution in [-0.2, 0) is 4.79 Å². The molecule has 1 atom stereocenters. The number of carboxylic acid groups (broad SMARTS) is 1. The molecule has 0 bridgehead atoms. The van der Waals surface area contributed by atoms with Crippen LogP contribution < -0.4 is 20.4 Å². The highest BCUT2D eigenvalue weighted by molar-refractivity contribution is 8.00. The SMILES string of the molecule is CCC(Sc1c(=O)o[nH][n+]1-c1ccc(OC)cc1)C(=O)Nc1cccc(C(=O)O)c1. The van der Waals surface area contributed by atoms with Gasteiger partial charge < -0.3 is 15.2 Å². The van der Waals surface area contributed by atoms with E-state index in [1.165, 1.54) is 16.8 Å². The van der Waals surface area contributed by atoms with Gasteiger partial charge in [-0.15, -0.1) is 0 Å². The Balaban J connectivity index is 1.81. The number of thioether (sulfide) groups is 1. The van der Waals surface area contributed by atoms with Crippen molar-refractivity contribution in [2.45, 2.75) is 23.6 Å². The van der Waals surface area contributed by atoms with Crippen LogP contribution >= 0.6 is 11.8 Å². The summed E-state index contributed by atoms with van der Waals surface area (Å²) in [6, 6.07) is 12.9. The minimum absolute atomic E-state index is 0.0668. The van der Waals surface area contributed by atoms with Gasteiger partial charge in [0.2, 0.25) is 11.6 Å². The van der Waals surface area contributed by atoms with Gasteiger partial charge >= 0.3 is 16.6 Å². The Morgan fingerprint density at radius 3 is 2.63 bits per heavy atom. The van der Waals surface area contributed by atoms with Crippen LogP contribution in [0.5, 0.6) is 5.75 Å². The minimum atomic E-state index is -1.09. The standard InChI is InChI=1S/C20H19N3O6S/c1-3-16(17(24)21-13-6-4-5-12(11-13)19(25)26)30-18-20(27)29-22-23(18)14-7-9-15(28-2)10-8-14/h4-11,16H,3H2,1-2H3,(H2-,21,22,24,25,26,27)/p+1. The fraction of sp³-hybridized carbons (Fsp3) is 0.200. The van der Waals surface area contributed by atoms with Crippen molar-refractivity contribution in [2.24, 2.45) is 0 Å². The number of nitrogens with zero attached hydrogens (tertiary/aromatic N) is 1. The zero-order chi connectivity index (χ0) is 21.7. The van der Waals surface area contributed by atoms with Crippen LogP contribution in [-0.4, -0.2) is 34.6 Å². The number of carbonyl (C=O) groups excluding carboxylic acids is 1. The molecule has 30 heavy (non-hydrogen) atoms. The number of methoxy groups -OCH3 is 1. The number of hydrogen-bond acceptors (Lipinski definition) is 6. The van der Waals surface area contributed by atoms with Crippen LogP contribution in [0, 0.1) is 0 Å². The molecule has 9 nitrogen and oxygen atoms in total. The number of rotatable bonds is 8. The lowest BCUT2D eigenvalue weighted by atomic mass is 10.2. The highest BCUT2D eigenvalue weighted by Crippen LogP contribution is 2.23. The van der Waals surface area contributed by atoms with Gasteiger partial charge in [0.05, 0.1) is 17.9 Å². The quantitative estimate of drug-likeness (QED) is 0.370. The lowest BCUT2D eigenvalue weighted by Gasteiger charge is -2.12. The summed E-state index contributed by atoms with van der Waals surface area (Å²) in [5.41, 5.74) is 0.462. The van der Waals surface area contributed by atoms with Crippen molar-refractivity contribution in [3.8, 4) is 11.4 Å². The molecule has 3 aromatic rings. The van der Waals surface area contributed by atoms with E-state index >= 15 is 0 Å². The maximum atomic E-state index is 12.7. The zero-order valence-electron chi connectivity index (χ0n) is 16.2. The fourth-order valence-electron chi connectivity index (χ4n) is 2.68. The molecule has 0 saturated heterocycles. The maximum Gasteiger partial charge on any atom is 0.442 e. The molecule has 3 N–H and O–H groups in total. The third kappa shape index (κ3) is 4.71. The first kappa shape index (κ1) is 21.2. The zero-order valence-corrected chi connectivity index (χ0v) is 17.1. The molecule has 0 spiro atoms. The third-order valence-electron chi connectivity index (χ3n) is 4.23. The Labute approximate surface area is 175 Å². The van der Waals surface area contributed by atoms with E-state index in [-0.39, 0.29) is 16.5 Å². The van der Waals surface area contributed by atoms with Gasteiger partial charge in [-0.05, 0) is 58.5 Å². The van der Waals surface area contributed by atoms with Crippen molar-refractivity contribution in [1.29, 1.82) is 0 Å². The second kappa shape index (κ2) is 9.31. The van der Waals surface area contributed by atoms with E-state index in [0.717, 1.165) is 11.8 Å². The summed E-state index contributed by atoms with van der Waals surface area (Å²) in [4.78, 5) is 36.1. The van der Waals surface area contributed by atoms with Gasteiger partial charge in [0.1, 0.15) is 5.75 Å². The lowest BCUT2D eigenvalue weighted by Crippen LogP contribution is -2.37. The Morgan fingerprint density at radius 2 is 2.00 bits per heavy atom. The maximum absolute atomic E-state index is 12.7. The van der Waals surface area contributed by atoms with Gasteiger partial charge in [0, 0.05) is 17.8 Å². The molecule has 2 aromatic carbocycles. The predicted molar refractivity (Wildman–Crippen MR) is 109 cm³/mol. The molecule has 0 aliphatic rings. The van der Waals surface area contributed by atoms with Gasteiger partial charge in [-0.25, -0.2) is 9.59 Å². The minimum Gasteiger partial charge on any atom is -0.497 e. The molecule has 0 saturated carbocycles. The smallest absolute Gasteiger partial charge is 0.442 e. The number of aromatic amines is 1. The number of aromatic nitrogens is 2. The van der Waals surface area contributed by atoms with Gasteiger partial charge in [-0.1, -0.05) is 13.0 Å². The molecule has 0 aliphatic heterocycles. The topological polar surface area (TPSA) is 126 Å². The van der Waals surface area contributed by atoms with E-state index in [4.69, 9.17) is 14.4 Å². The first-order chi connectivity index (χ1) is 14.4. The van der Waals surface area contributed by atoms with Crippen molar-refractivity contribution in [3.05, 3.63) is 64.5 Å². The van der Waals surface area contributed by atoms with Crippen molar-refractivity contribution in [1.82, 2.24) is 5.27 Å². The summed E-state index contributed by atoms with van der Waals surface area (Å²) in [5.74, 6) is -0.779. The Bertz CT molecular complexity index is 1110. The number of ether oxygens (including phenoxy) is 1. The lowest BCUT2D eigenvalue weighted by molar-refractivity contribution is -0.704. The Hall–Kier alpha value is -3.53. The highest BCUT2D eigenvalue weighted by atomic mass is 32.2. The van der Waals surface area contributed by atoms with Crippen LogP contribution in [0.15, 0.2) is 62.9 Å². The summed E-state index contributed by atoms with van der Waals surface area (Å²) in [6.07, 6.45) is 0.433. The number of carboxylic acids is 1. The Kier molecular flexibility index (Phi) is 6.58. The number of nitrogens with one attached hydrogen (secondary N) is 2. The van der Waals surface area contributed by atoms with Gasteiger partial charge in [-0.3, -0.25) is 9.32 Å². The molecule has 156 valence electrons. The second-order valence-electron chi connectivity index (χ2n) is 6.21. The molecular formula is C20H20N3O6S+. The van der Waals surface area contributed by atoms with Crippen molar-refractivity contribution in [2.75, 3.05) is 12.4 Å². The fourth-order valence-corrected chi connectivity index (χ4v) is 3.66. The molecule has 1 aromatic heterocycles. The van der Waals surface area contributed by atoms with Crippen LogP contribution in [0.2, 0.25) is 0 Å². The van der Waals surface area contributed by atoms with E-state index in [2.05, 4.69) is 10.6 Å². The number of H-pyrrole nitrogens is 1. The second-order valence-corrected chi connectivity index (χ2v) is 7.40. The van der Waals surface area contributed by atoms with Crippen LogP contribution in [0.4, 0.5) is 5.69 Å². The summed E-state index contributed by atoms with van der Waals surface area (Å²) < 4.78 is 11.5. The molecular weight excluding hydrogens is 410 g/mol.